The standard InChI is InChI=1S/C19H23NO3S/c1-5-23-18-12-19(14(3)10-13(18)2)24(21,22)20-15(4)11-16-8-6-7-9-17(16)20/h6-10,12,15H,5,11H2,1-4H3. The Kier molecular flexibility index (Phi) is 4.30. The highest BCUT2D eigenvalue weighted by Crippen LogP contribution is 2.38. The Morgan fingerprint density at radius 2 is 1.88 bits per heavy atom. The van der Waals surface area contributed by atoms with Gasteiger partial charge >= 0.3 is 0 Å². The quantitative estimate of drug-likeness (QED) is 0.846. The second-order valence-corrected chi connectivity index (χ2v) is 8.08. The minimum atomic E-state index is -3.64. The first kappa shape index (κ1) is 16.8. The molecule has 4 nitrogen and oxygen atoms in total. The Bertz CT molecular complexity index is 874. The fraction of sp³-hybridized carbons (Fsp3) is 0.368. The lowest BCUT2D eigenvalue weighted by Crippen LogP contribution is -2.36. The van der Waals surface area contributed by atoms with E-state index in [1.54, 1.807) is 10.4 Å². The molecule has 2 aromatic carbocycles. The first-order valence-corrected chi connectivity index (χ1v) is 9.66. The van der Waals surface area contributed by atoms with E-state index in [9.17, 15) is 8.42 Å². The number of hydrogen-bond acceptors (Lipinski definition) is 3. The predicted octanol–water partition coefficient (Wildman–Crippen LogP) is 3.84. The fourth-order valence-corrected chi connectivity index (χ4v) is 5.33. The van der Waals surface area contributed by atoms with E-state index in [2.05, 4.69) is 0 Å². The Balaban J connectivity index is 2.14. The number of fused-ring (bicyclic) bond motifs is 1. The molecule has 5 heteroatoms. The lowest BCUT2D eigenvalue weighted by Gasteiger charge is -2.26. The summed E-state index contributed by atoms with van der Waals surface area (Å²) < 4.78 is 33.9. The third-order valence-electron chi connectivity index (χ3n) is 4.45. The Morgan fingerprint density at radius 3 is 2.58 bits per heavy atom. The third kappa shape index (κ3) is 2.67. The third-order valence-corrected chi connectivity index (χ3v) is 6.52. The topological polar surface area (TPSA) is 46.6 Å². The van der Waals surface area contributed by atoms with E-state index in [-0.39, 0.29) is 6.04 Å². The first-order chi connectivity index (χ1) is 11.4. The van der Waals surface area contributed by atoms with E-state index in [4.69, 9.17) is 4.74 Å². The normalized spacial score (nSPS) is 17.0. The van der Waals surface area contributed by atoms with Gasteiger partial charge < -0.3 is 4.74 Å². The maximum absolute atomic E-state index is 13.4. The van der Waals surface area contributed by atoms with E-state index >= 15 is 0 Å². The van der Waals surface area contributed by atoms with Crippen LogP contribution >= 0.6 is 0 Å². The van der Waals surface area contributed by atoms with Gasteiger partial charge in [-0.3, -0.25) is 4.31 Å². The Labute approximate surface area is 144 Å². The van der Waals surface area contributed by atoms with Gasteiger partial charge in [-0.1, -0.05) is 24.3 Å². The molecule has 1 atom stereocenters. The molecule has 24 heavy (non-hydrogen) atoms. The van der Waals surface area contributed by atoms with Crippen LogP contribution < -0.4 is 9.04 Å². The number of anilines is 1. The summed E-state index contributed by atoms with van der Waals surface area (Å²) >= 11 is 0. The Morgan fingerprint density at radius 1 is 1.17 bits per heavy atom. The molecule has 0 saturated carbocycles. The van der Waals surface area contributed by atoms with E-state index in [1.165, 1.54) is 0 Å². The zero-order valence-electron chi connectivity index (χ0n) is 14.5. The van der Waals surface area contributed by atoms with Gasteiger partial charge in [0, 0.05) is 12.1 Å². The zero-order valence-corrected chi connectivity index (χ0v) is 15.4. The minimum Gasteiger partial charge on any atom is -0.494 e. The predicted molar refractivity (Wildman–Crippen MR) is 96.4 cm³/mol. The van der Waals surface area contributed by atoms with Crippen molar-refractivity contribution >= 4 is 15.7 Å². The molecule has 0 bridgehead atoms. The highest BCUT2D eigenvalue weighted by atomic mass is 32.2. The van der Waals surface area contributed by atoms with Crippen molar-refractivity contribution in [3.8, 4) is 5.75 Å². The summed E-state index contributed by atoms with van der Waals surface area (Å²) in [5, 5.41) is 0. The van der Waals surface area contributed by atoms with Crippen molar-refractivity contribution in [2.45, 2.75) is 45.1 Å². The Hall–Kier alpha value is -2.01. The number of aryl methyl sites for hydroxylation is 2. The molecule has 0 spiro atoms. The van der Waals surface area contributed by atoms with Crippen molar-refractivity contribution in [3.63, 3.8) is 0 Å². The number of benzene rings is 2. The first-order valence-electron chi connectivity index (χ1n) is 8.22. The fourth-order valence-electron chi connectivity index (χ4n) is 3.41. The molecule has 0 aliphatic carbocycles. The van der Waals surface area contributed by atoms with Crippen LogP contribution in [0.4, 0.5) is 5.69 Å². The molecular weight excluding hydrogens is 322 g/mol. The van der Waals surface area contributed by atoms with Crippen LogP contribution in [0, 0.1) is 13.8 Å². The maximum Gasteiger partial charge on any atom is 0.264 e. The van der Waals surface area contributed by atoms with Crippen LogP contribution in [0.2, 0.25) is 0 Å². The molecule has 0 radical (unpaired) electrons. The van der Waals surface area contributed by atoms with Crippen molar-refractivity contribution in [1.29, 1.82) is 0 Å². The van der Waals surface area contributed by atoms with Gasteiger partial charge in [-0.05, 0) is 56.9 Å². The highest BCUT2D eigenvalue weighted by molar-refractivity contribution is 7.93. The van der Waals surface area contributed by atoms with Crippen molar-refractivity contribution in [1.82, 2.24) is 0 Å². The van der Waals surface area contributed by atoms with Gasteiger partial charge in [-0.2, -0.15) is 0 Å². The van der Waals surface area contributed by atoms with Crippen molar-refractivity contribution in [3.05, 3.63) is 53.1 Å². The van der Waals surface area contributed by atoms with Gasteiger partial charge in [-0.25, -0.2) is 8.42 Å². The van der Waals surface area contributed by atoms with Crippen LogP contribution in [0.3, 0.4) is 0 Å². The van der Waals surface area contributed by atoms with Crippen LogP contribution in [0.1, 0.15) is 30.5 Å². The lowest BCUT2D eigenvalue weighted by atomic mass is 10.1. The van der Waals surface area contributed by atoms with Gasteiger partial charge in [0.2, 0.25) is 0 Å². The van der Waals surface area contributed by atoms with Crippen LogP contribution in [0.25, 0.3) is 0 Å². The van der Waals surface area contributed by atoms with Gasteiger partial charge in [0.15, 0.2) is 0 Å². The second-order valence-electron chi connectivity index (χ2n) is 6.30. The molecular formula is C19H23NO3S. The smallest absolute Gasteiger partial charge is 0.264 e. The molecule has 3 rings (SSSR count). The zero-order chi connectivity index (χ0) is 17.5. The summed E-state index contributed by atoms with van der Waals surface area (Å²) in [6.45, 7) is 8.12. The molecule has 1 aliphatic rings. The number of nitrogens with zero attached hydrogens (tertiary/aromatic N) is 1. The second kappa shape index (κ2) is 6.13. The van der Waals surface area contributed by atoms with E-state index < -0.39 is 10.0 Å². The molecule has 1 unspecified atom stereocenters. The van der Waals surface area contributed by atoms with Crippen LogP contribution in [0.15, 0.2) is 41.3 Å². The molecule has 0 amide bonds. The molecule has 1 heterocycles. The average Bonchev–Trinajstić information content (AvgIpc) is 2.86. The van der Waals surface area contributed by atoms with Gasteiger partial charge in [0.1, 0.15) is 5.75 Å². The molecule has 0 N–H and O–H groups in total. The summed E-state index contributed by atoms with van der Waals surface area (Å²) in [7, 11) is -3.64. The molecule has 1 aliphatic heterocycles. The summed E-state index contributed by atoms with van der Waals surface area (Å²) in [5.41, 5.74) is 3.54. The van der Waals surface area contributed by atoms with Gasteiger partial charge in [-0.15, -0.1) is 0 Å². The largest absolute Gasteiger partial charge is 0.494 e. The number of para-hydroxylation sites is 1. The summed E-state index contributed by atoms with van der Waals surface area (Å²) in [4.78, 5) is 0.320. The number of sulfonamides is 1. The minimum absolute atomic E-state index is 0.0938. The van der Waals surface area contributed by atoms with Gasteiger partial charge in [0.25, 0.3) is 10.0 Å². The van der Waals surface area contributed by atoms with E-state index in [0.717, 1.165) is 28.8 Å². The van der Waals surface area contributed by atoms with Crippen LogP contribution in [-0.4, -0.2) is 21.1 Å². The molecule has 0 fully saturated rings. The van der Waals surface area contributed by atoms with Crippen LogP contribution in [-0.2, 0) is 16.4 Å². The SMILES string of the molecule is CCOc1cc(S(=O)(=O)N2c3ccccc3CC2C)c(C)cc1C. The average molecular weight is 345 g/mol. The summed E-state index contributed by atoms with van der Waals surface area (Å²) in [6.07, 6.45) is 0.735. The van der Waals surface area contributed by atoms with Gasteiger partial charge in [0.05, 0.1) is 17.2 Å². The van der Waals surface area contributed by atoms with E-state index in [1.807, 2.05) is 58.0 Å². The van der Waals surface area contributed by atoms with E-state index in [0.29, 0.717) is 17.3 Å². The number of rotatable bonds is 4. The molecule has 128 valence electrons. The van der Waals surface area contributed by atoms with Crippen molar-refractivity contribution in [2.24, 2.45) is 0 Å². The maximum atomic E-state index is 13.4. The number of ether oxygens (including phenoxy) is 1. The van der Waals surface area contributed by atoms with Crippen molar-refractivity contribution < 1.29 is 13.2 Å². The highest BCUT2D eigenvalue weighted by Gasteiger charge is 2.36. The monoisotopic (exact) mass is 345 g/mol. The molecule has 0 saturated heterocycles. The lowest BCUT2D eigenvalue weighted by molar-refractivity contribution is 0.337. The van der Waals surface area contributed by atoms with Crippen molar-refractivity contribution in [2.75, 3.05) is 10.9 Å². The number of hydrogen-bond donors (Lipinski definition) is 0. The molecule has 0 aromatic heterocycles. The summed E-state index contributed by atoms with van der Waals surface area (Å²) in [5.74, 6) is 0.627. The molecule has 2 aromatic rings. The summed E-state index contributed by atoms with van der Waals surface area (Å²) in [6, 6.07) is 11.2. The van der Waals surface area contributed by atoms with Crippen LogP contribution in [0.5, 0.6) is 5.75 Å².